The fraction of sp³-hybridized carbons (Fsp3) is 0.615. The topological polar surface area (TPSA) is 103 Å². The average Bonchev–Trinajstić information content (AvgIpc) is 2.94. The van der Waals surface area contributed by atoms with Gasteiger partial charge in [-0.25, -0.2) is 18.1 Å². The van der Waals surface area contributed by atoms with E-state index in [0.717, 1.165) is 0 Å². The van der Waals surface area contributed by atoms with Gasteiger partial charge < -0.3 is 4.52 Å². The summed E-state index contributed by atoms with van der Waals surface area (Å²) in [6, 6.07) is -0.466. The first-order valence-electron chi connectivity index (χ1n) is 7.01. The van der Waals surface area contributed by atoms with Crippen molar-refractivity contribution in [3.63, 3.8) is 0 Å². The molecule has 1 N–H and O–H groups in total. The highest BCUT2D eigenvalue weighted by molar-refractivity contribution is 7.89. The van der Waals surface area contributed by atoms with Crippen LogP contribution in [0.15, 0.2) is 15.7 Å². The zero-order valence-electron chi connectivity index (χ0n) is 13.4. The standard InChI is InChI=1S/C13H21N5O3S/c1-8(2)6-11(13-14-7-15-18(13)5)17-22(19,20)12-9(3)16-21-10(12)4/h7-8,11,17H,6H2,1-5H3/t11-/m1/s1. The van der Waals surface area contributed by atoms with E-state index in [-0.39, 0.29) is 16.6 Å². The molecule has 0 aromatic carbocycles. The molecular weight excluding hydrogens is 306 g/mol. The van der Waals surface area contributed by atoms with E-state index in [0.29, 0.717) is 17.9 Å². The van der Waals surface area contributed by atoms with Crippen molar-refractivity contribution in [2.45, 2.75) is 45.1 Å². The smallest absolute Gasteiger partial charge is 0.246 e. The molecule has 0 aliphatic heterocycles. The van der Waals surface area contributed by atoms with Crippen LogP contribution >= 0.6 is 0 Å². The van der Waals surface area contributed by atoms with Crippen molar-refractivity contribution in [3.8, 4) is 0 Å². The maximum atomic E-state index is 12.7. The van der Waals surface area contributed by atoms with Crippen molar-refractivity contribution in [3.05, 3.63) is 23.6 Å². The number of hydrogen-bond acceptors (Lipinski definition) is 6. The van der Waals surface area contributed by atoms with Crippen LogP contribution in [0.25, 0.3) is 0 Å². The third-order valence-electron chi connectivity index (χ3n) is 3.30. The van der Waals surface area contributed by atoms with Crippen molar-refractivity contribution in [2.75, 3.05) is 0 Å². The number of nitrogens with zero attached hydrogens (tertiary/aromatic N) is 4. The number of aryl methyl sites for hydroxylation is 3. The summed E-state index contributed by atoms with van der Waals surface area (Å²) < 4.78 is 34.6. The number of nitrogens with one attached hydrogen (secondary N) is 1. The highest BCUT2D eigenvalue weighted by atomic mass is 32.2. The van der Waals surface area contributed by atoms with Crippen LogP contribution in [0, 0.1) is 19.8 Å². The largest absolute Gasteiger partial charge is 0.360 e. The van der Waals surface area contributed by atoms with Gasteiger partial charge in [0.2, 0.25) is 10.0 Å². The van der Waals surface area contributed by atoms with Gasteiger partial charge in [-0.05, 0) is 26.2 Å². The van der Waals surface area contributed by atoms with Gasteiger partial charge >= 0.3 is 0 Å². The Morgan fingerprint density at radius 3 is 2.50 bits per heavy atom. The zero-order chi connectivity index (χ0) is 16.5. The fourth-order valence-corrected chi connectivity index (χ4v) is 3.94. The molecule has 22 heavy (non-hydrogen) atoms. The molecule has 0 unspecified atom stereocenters. The van der Waals surface area contributed by atoms with Crippen molar-refractivity contribution in [2.24, 2.45) is 13.0 Å². The number of sulfonamides is 1. The van der Waals surface area contributed by atoms with E-state index in [1.54, 1.807) is 25.6 Å². The molecule has 122 valence electrons. The van der Waals surface area contributed by atoms with E-state index < -0.39 is 16.1 Å². The summed E-state index contributed by atoms with van der Waals surface area (Å²) in [7, 11) is -2.02. The molecule has 0 radical (unpaired) electrons. The Morgan fingerprint density at radius 2 is 2.05 bits per heavy atom. The Hall–Kier alpha value is -1.74. The third kappa shape index (κ3) is 3.36. The molecule has 0 aliphatic carbocycles. The maximum absolute atomic E-state index is 12.7. The van der Waals surface area contributed by atoms with Crippen molar-refractivity contribution in [1.29, 1.82) is 0 Å². The minimum atomic E-state index is -3.75. The molecule has 8 nitrogen and oxygen atoms in total. The Kier molecular flexibility index (Phi) is 4.66. The first kappa shape index (κ1) is 16.6. The molecule has 0 bridgehead atoms. The van der Waals surface area contributed by atoms with Crippen LogP contribution in [0.4, 0.5) is 0 Å². The molecule has 2 heterocycles. The molecule has 0 fully saturated rings. The molecule has 2 aromatic rings. The van der Waals surface area contributed by atoms with Gasteiger partial charge in [-0.2, -0.15) is 5.10 Å². The van der Waals surface area contributed by atoms with Gasteiger partial charge in [-0.1, -0.05) is 19.0 Å². The zero-order valence-corrected chi connectivity index (χ0v) is 14.2. The van der Waals surface area contributed by atoms with Crippen LogP contribution < -0.4 is 4.72 Å². The van der Waals surface area contributed by atoms with Crippen LogP contribution in [0.2, 0.25) is 0 Å². The second-order valence-corrected chi connectivity index (χ2v) is 7.35. The van der Waals surface area contributed by atoms with Gasteiger partial charge in [0.15, 0.2) is 5.76 Å². The van der Waals surface area contributed by atoms with Crippen molar-refractivity contribution in [1.82, 2.24) is 24.6 Å². The predicted molar refractivity (Wildman–Crippen MR) is 79.5 cm³/mol. The second kappa shape index (κ2) is 6.17. The lowest BCUT2D eigenvalue weighted by atomic mass is 10.0. The Morgan fingerprint density at radius 1 is 1.36 bits per heavy atom. The molecular formula is C13H21N5O3S. The summed E-state index contributed by atoms with van der Waals surface area (Å²) in [6.07, 6.45) is 2.02. The summed E-state index contributed by atoms with van der Waals surface area (Å²) in [5, 5.41) is 7.72. The highest BCUT2D eigenvalue weighted by Crippen LogP contribution is 2.25. The van der Waals surface area contributed by atoms with Crippen LogP contribution in [-0.4, -0.2) is 28.3 Å². The minimum absolute atomic E-state index is 0.0865. The Labute approximate surface area is 130 Å². The minimum Gasteiger partial charge on any atom is -0.360 e. The van der Waals surface area contributed by atoms with Crippen molar-refractivity contribution < 1.29 is 12.9 Å². The van der Waals surface area contributed by atoms with E-state index in [9.17, 15) is 8.42 Å². The van der Waals surface area contributed by atoms with Gasteiger partial charge in [-0.15, -0.1) is 0 Å². The van der Waals surface area contributed by atoms with Gasteiger partial charge in [0.05, 0.1) is 6.04 Å². The van der Waals surface area contributed by atoms with Crippen molar-refractivity contribution >= 4 is 10.0 Å². The predicted octanol–water partition coefficient (Wildman–Crippen LogP) is 1.49. The Balaban J connectivity index is 2.37. The lowest BCUT2D eigenvalue weighted by Gasteiger charge is -2.19. The first-order valence-corrected chi connectivity index (χ1v) is 8.49. The van der Waals surface area contributed by atoms with Gasteiger partial charge in [-0.3, -0.25) is 4.68 Å². The molecule has 0 spiro atoms. The normalized spacial score (nSPS) is 13.7. The summed E-state index contributed by atoms with van der Waals surface area (Å²) >= 11 is 0. The molecule has 2 rings (SSSR count). The van der Waals surface area contributed by atoms with Crippen LogP contribution in [0.1, 0.15) is 43.6 Å². The van der Waals surface area contributed by atoms with Crippen LogP contribution in [-0.2, 0) is 17.1 Å². The molecule has 9 heteroatoms. The maximum Gasteiger partial charge on any atom is 0.246 e. The van der Waals surface area contributed by atoms with E-state index in [1.807, 2.05) is 13.8 Å². The Bertz CT molecular complexity index is 728. The van der Waals surface area contributed by atoms with Gasteiger partial charge in [0, 0.05) is 7.05 Å². The third-order valence-corrected chi connectivity index (χ3v) is 5.01. The molecule has 2 aromatic heterocycles. The van der Waals surface area contributed by atoms with Gasteiger partial charge in [0.25, 0.3) is 0 Å². The van der Waals surface area contributed by atoms with E-state index in [2.05, 4.69) is 20.0 Å². The lowest BCUT2D eigenvalue weighted by Crippen LogP contribution is -2.32. The number of rotatable bonds is 6. The molecule has 1 atom stereocenters. The summed E-state index contributed by atoms with van der Waals surface area (Å²) in [5.74, 6) is 1.13. The molecule has 0 saturated carbocycles. The number of aromatic nitrogens is 4. The number of hydrogen-bond donors (Lipinski definition) is 1. The lowest BCUT2D eigenvalue weighted by molar-refractivity contribution is 0.390. The molecule has 0 saturated heterocycles. The average molecular weight is 327 g/mol. The van der Waals surface area contributed by atoms with Crippen LogP contribution in [0.3, 0.4) is 0 Å². The first-order chi connectivity index (χ1) is 10.2. The summed E-state index contributed by atoms with van der Waals surface area (Å²) in [5.41, 5.74) is 0.339. The van der Waals surface area contributed by atoms with E-state index in [4.69, 9.17) is 4.52 Å². The SMILES string of the molecule is Cc1noc(C)c1S(=O)(=O)N[C@H](CC(C)C)c1ncnn1C. The second-order valence-electron chi connectivity index (χ2n) is 5.70. The van der Waals surface area contributed by atoms with E-state index in [1.165, 1.54) is 6.33 Å². The monoisotopic (exact) mass is 327 g/mol. The molecule has 0 aliphatic rings. The highest BCUT2D eigenvalue weighted by Gasteiger charge is 2.29. The molecule has 0 amide bonds. The summed E-state index contributed by atoms with van der Waals surface area (Å²) in [4.78, 5) is 4.25. The van der Waals surface area contributed by atoms with Crippen LogP contribution in [0.5, 0.6) is 0 Å². The quantitative estimate of drug-likeness (QED) is 0.862. The van der Waals surface area contributed by atoms with Gasteiger partial charge in [0.1, 0.15) is 22.7 Å². The summed E-state index contributed by atoms with van der Waals surface area (Å²) in [6.45, 7) is 7.22. The van der Waals surface area contributed by atoms with E-state index >= 15 is 0 Å². The fourth-order valence-electron chi connectivity index (χ4n) is 2.40.